The van der Waals surface area contributed by atoms with Gasteiger partial charge in [-0.2, -0.15) is 0 Å². The van der Waals surface area contributed by atoms with Gasteiger partial charge in [0.25, 0.3) is 5.91 Å². The minimum absolute atomic E-state index is 0.0367. The van der Waals surface area contributed by atoms with Gasteiger partial charge < -0.3 is 24.3 Å². The minimum atomic E-state index is -4.74. The van der Waals surface area contributed by atoms with E-state index >= 15 is 0 Å². The van der Waals surface area contributed by atoms with Crippen LogP contribution in [0.3, 0.4) is 0 Å². The Bertz CT molecular complexity index is 1330. The van der Waals surface area contributed by atoms with E-state index in [0.29, 0.717) is 34.9 Å². The molecule has 2 aliphatic carbocycles. The van der Waals surface area contributed by atoms with Crippen LogP contribution >= 0.6 is 0 Å². The second-order valence-electron chi connectivity index (χ2n) is 11.7. The predicted octanol–water partition coefficient (Wildman–Crippen LogP) is 7.07. The number of anilines is 2. The van der Waals surface area contributed by atoms with E-state index < -0.39 is 6.36 Å². The van der Waals surface area contributed by atoms with Crippen molar-refractivity contribution in [3.05, 3.63) is 42.5 Å². The van der Waals surface area contributed by atoms with Gasteiger partial charge in [-0.05, 0) is 79.8 Å². The number of hydrogen-bond donors (Lipinski definition) is 1. The fraction of sp³-hybridized carbons (Fsp3) is 0.517. The molecule has 0 aliphatic heterocycles. The van der Waals surface area contributed by atoms with Gasteiger partial charge in [-0.15, -0.1) is 13.2 Å². The first kappa shape index (κ1) is 27.1. The van der Waals surface area contributed by atoms with Crippen molar-refractivity contribution in [3.8, 4) is 11.5 Å². The highest BCUT2D eigenvalue weighted by Crippen LogP contribution is 2.46. The lowest BCUT2D eigenvalue weighted by Crippen LogP contribution is -2.33. The Labute approximate surface area is 226 Å². The Morgan fingerprint density at radius 1 is 1.13 bits per heavy atom. The highest BCUT2D eigenvalue weighted by atomic mass is 19.4. The molecule has 5 rings (SSSR count). The van der Waals surface area contributed by atoms with Gasteiger partial charge in [-0.3, -0.25) is 4.79 Å². The molecule has 2 aliphatic rings. The molecular formula is C29H35F3N4O3. The molecule has 10 heteroatoms. The number of carbonyl (C=O) groups excluding carboxylic acids is 1. The number of likely N-dealkylation sites (N-methyl/N-ethyl adjacent to an activating group) is 1. The third-order valence-corrected chi connectivity index (χ3v) is 7.58. The van der Waals surface area contributed by atoms with Crippen molar-refractivity contribution in [3.63, 3.8) is 0 Å². The zero-order chi connectivity index (χ0) is 27.9. The van der Waals surface area contributed by atoms with Crippen LogP contribution in [0.5, 0.6) is 11.5 Å². The largest absolute Gasteiger partial charge is 0.573 e. The topological polar surface area (TPSA) is 68.6 Å². The maximum absolute atomic E-state index is 12.6. The van der Waals surface area contributed by atoms with E-state index in [1.807, 2.05) is 18.2 Å². The lowest BCUT2D eigenvalue weighted by molar-refractivity contribution is -0.274. The second kappa shape index (κ2) is 10.3. The third kappa shape index (κ3) is 6.59. The van der Waals surface area contributed by atoms with Gasteiger partial charge in [0.15, 0.2) is 6.61 Å². The number of carbonyl (C=O) groups is 1. The van der Waals surface area contributed by atoms with Crippen LogP contribution < -0.4 is 14.8 Å². The zero-order valence-electron chi connectivity index (χ0n) is 22.7. The summed E-state index contributed by atoms with van der Waals surface area (Å²) in [5.74, 6) is 1.35. The quantitative estimate of drug-likeness (QED) is 0.329. The van der Waals surface area contributed by atoms with Crippen LogP contribution in [0.2, 0.25) is 0 Å². The lowest BCUT2D eigenvalue weighted by Gasteiger charge is -2.40. The molecule has 2 aromatic carbocycles. The first-order chi connectivity index (χ1) is 18.4. The van der Waals surface area contributed by atoms with E-state index in [4.69, 9.17) is 9.72 Å². The molecule has 1 heterocycles. The van der Waals surface area contributed by atoms with Crippen molar-refractivity contribution in [1.29, 1.82) is 0 Å². The maximum Gasteiger partial charge on any atom is 0.573 e. The molecule has 210 valence electrons. The number of nitrogens with zero attached hydrogens (tertiary/aromatic N) is 3. The van der Waals surface area contributed by atoms with E-state index in [-0.39, 0.29) is 29.7 Å². The number of benzene rings is 2. The average Bonchev–Trinajstić information content (AvgIpc) is 3.62. The summed E-state index contributed by atoms with van der Waals surface area (Å²) in [5, 5.41) is 3.31. The number of fused-ring (bicyclic) bond motifs is 1. The molecule has 2 atom stereocenters. The molecule has 0 bridgehead atoms. The summed E-state index contributed by atoms with van der Waals surface area (Å²) in [4.78, 5) is 19.0. The Kier molecular flexibility index (Phi) is 7.15. The van der Waals surface area contributed by atoms with Crippen LogP contribution in [0.25, 0.3) is 11.0 Å². The summed E-state index contributed by atoms with van der Waals surface area (Å²) in [6.45, 7) is 6.79. The first-order valence-electron chi connectivity index (χ1n) is 13.4. The fourth-order valence-electron chi connectivity index (χ4n) is 5.90. The summed E-state index contributed by atoms with van der Waals surface area (Å²) < 4.78 is 49.8. The van der Waals surface area contributed by atoms with Gasteiger partial charge in [0.05, 0.1) is 11.0 Å². The number of aromatic nitrogens is 2. The molecule has 0 saturated heterocycles. The molecule has 1 N–H and O–H groups in total. The van der Waals surface area contributed by atoms with Gasteiger partial charge in [0, 0.05) is 30.9 Å². The predicted molar refractivity (Wildman–Crippen MR) is 143 cm³/mol. The smallest absolute Gasteiger partial charge is 0.484 e. The molecule has 2 unspecified atom stereocenters. The number of alkyl halides is 3. The van der Waals surface area contributed by atoms with Gasteiger partial charge in [0.1, 0.15) is 11.5 Å². The van der Waals surface area contributed by atoms with E-state index in [9.17, 15) is 18.0 Å². The Balaban J connectivity index is 1.43. The Hall–Kier alpha value is -3.43. The summed E-state index contributed by atoms with van der Waals surface area (Å²) in [7, 11) is 1.81. The summed E-state index contributed by atoms with van der Waals surface area (Å²) >= 11 is 0. The SMILES string of the molecule is CC1CC(n2c(Nc3ccc(OC(F)(F)F)cc3)nc3cc(OCC(=O)N(C)C4CC4)ccc32)CC(C)(C)C1. The lowest BCUT2D eigenvalue weighted by atomic mass is 9.70. The van der Waals surface area contributed by atoms with E-state index in [1.54, 1.807) is 11.9 Å². The Morgan fingerprint density at radius 3 is 2.46 bits per heavy atom. The number of imidazole rings is 1. The average molecular weight is 545 g/mol. The summed E-state index contributed by atoms with van der Waals surface area (Å²) in [6, 6.07) is 11.8. The molecule has 1 aromatic heterocycles. The van der Waals surface area contributed by atoms with Gasteiger partial charge in [-0.25, -0.2) is 4.98 Å². The molecule has 0 spiro atoms. The van der Waals surface area contributed by atoms with Crippen LogP contribution in [-0.4, -0.2) is 46.4 Å². The van der Waals surface area contributed by atoms with E-state index in [0.717, 1.165) is 37.6 Å². The van der Waals surface area contributed by atoms with Crippen molar-refractivity contribution in [2.24, 2.45) is 11.3 Å². The fourth-order valence-corrected chi connectivity index (χ4v) is 5.90. The van der Waals surface area contributed by atoms with Gasteiger partial charge in [-0.1, -0.05) is 20.8 Å². The first-order valence-corrected chi connectivity index (χ1v) is 13.4. The monoisotopic (exact) mass is 544 g/mol. The van der Waals surface area contributed by atoms with E-state index in [1.165, 1.54) is 24.3 Å². The molecule has 2 fully saturated rings. The molecule has 3 aromatic rings. The van der Waals surface area contributed by atoms with Gasteiger partial charge >= 0.3 is 6.36 Å². The number of nitrogens with one attached hydrogen (secondary N) is 1. The number of hydrogen-bond acceptors (Lipinski definition) is 5. The third-order valence-electron chi connectivity index (χ3n) is 7.58. The van der Waals surface area contributed by atoms with Crippen molar-refractivity contribution in [2.75, 3.05) is 19.0 Å². The Morgan fingerprint density at radius 2 is 1.82 bits per heavy atom. The van der Waals surface area contributed by atoms with Crippen molar-refractivity contribution >= 4 is 28.6 Å². The molecule has 0 radical (unpaired) electrons. The van der Waals surface area contributed by atoms with Crippen molar-refractivity contribution in [2.45, 2.75) is 71.3 Å². The van der Waals surface area contributed by atoms with Crippen LogP contribution in [0.15, 0.2) is 42.5 Å². The van der Waals surface area contributed by atoms with Crippen LogP contribution in [-0.2, 0) is 4.79 Å². The normalized spacial score (nSPS) is 21.0. The molecule has 1 amide bonds. The standard InChI is InChI=1S/C29H35F3N4O3/c1-18-13-21(16-28(2,3)15-18)36-25-12-11-23(38-17-26(37)35(4)20-7-8-20)14-24(25)34-27(36)33-19-5-9-22(10-6-19)39-29(30,31)32/h5-6,9-12,14,18,20-21H,7-8,13,15-17H2,1-4H3,(H,33,34). The van der Waals surface area contributed by atoms with Crippen molar-refractivity contribution in [1.82, 2.24) is 14.5 Å². The highest BCUT2D eigenvalue weighted by Gasteiger charge is 2.35. The summed E-state index contributed by atoms with van der Waals surface area (Å²) in [6.07, 6.45) is 0.427. The molecular weight excluding hydrogens is 509 g/mol. The number of ether oxygens (including phenoxy) is 2. The van der Waals surface area contributed by atoms with E-state index in [2.05, 4.69) is 35.4 Å². The maximum atomic E-state index is 12.6. The number of halogens is 3. The number of amides is 1. The van der Waals surface area contributed by atoms with Crippen LogP contribution in [0, 0.1) is 11.3 Å². The highest BCUT2D eigenvalue weighted by molar-refractivity contribution is 5.82. The molecule has 7 nitrogen and oxygen atoms in total. The minimum Gasteiger partial charge on any atom is -0.484 e. The molecule has 2 saturated carbocycles. The van der Waals surface area contributed by atoms with Crippen molar-refractivity contribution < 1.29 is 27.4 Å². The number of rotatable bonds is 8. The zero-order valence-corrected chi connectivity index (χ0v) is 22.7. The van der Waals surface area contributed by atoms with Gasteiger partial charge in [0.2, 0.25) is 5.95 Å². The molecule has 39 heavy (non-hydrogen) atoms. The second-order valence-corrected chi connectivity index (χ2v) is 11.7. The summed E-state index contributed by atoms with van der Waals surface area (Å²) in [5.41, 5.74) is 2.39. The van der Waals surface area contributed by atoms with Crippen LogP contribution in [0.1, 0.15) is 58.9 Å². The van der Waals surface area contributed by atoms with Crippen LogP contribution in [0.4, 0.5) is 24.8 Å².